The third kappa shape index (κ3) is 8.13. The summed E-state index contributed by atoms with van der Waals surface area (Å²) in [5.41, 5.74) is 0.583. The largest absolute Gasteiger partial charge is 0.364 e. The number of para-hydroxylation sites is 2. The first-order valence-corrected chi connectivity index (χ1v) is 16.3. The van der Waals surface area contributed by atoms with E-state index in [1.807, 2.05) is 6.07 Å². The Kier molecular flexibility index (Phi) is 10.3. The molecule has 2 fully saturated rings. The van der Waals surface area contributed by atoms with Crippen molar-refractivity contribution in [3.05, 3.63) is 90.5 Å². The Bertz CT molecular complexity index is 1440. The highest BCUT2D eigenvalue weighted by molar-refractivity contribution is 7.92. The molecule has 2 saturated heterocycles. The molecule has 0 atom stereocenters. The number of nitrogens with zero attached hydrogens (tertiary/aromatic N) is 4. The SMILES string of the molecule is O=C(NCC(=O)N1CCN(CCCN2CCCC2)CC1)c1ccc(S(=O)(=O)N(Oc2ccccc2)c2ccccc2)cc1. The van der Waals surface area contributed by atoms with Crippen LogP contribution in [-0.2, 0) is 14.8 Å². The molecule has 0 bridgehead atoms. The van der Waals surface area contributed by atoms with Gasteiger partial charge in [0.05, 0.1) is 17.1 Å². The van der Waals surface area contributed by atoms with Crippen LogP contribution >= 0.6 is 0 Å². The van der Waals surface area contributed by atoms with Gasteiger partial charge in [-0.05, 0) is 94.0 Å². The van der Waals surface area contributed by atoms with Gasteiger partial charge >= 0.3 is 0 Å². The zero-order valence-electron chi connectivity index (χ0n) is 24.3. The minimum Gasteiger partial charge on any atom is -0.364 e. The van der Waals surface area contributed by atoms with Gasteiger partial charge in [0.15, 0.2) is 5.75 Å². The maximum absolute atomic E-state index is 13.6. The molecule has 0 radical (unpaired) electrons. The zero-order valence-corrected chi connectivity index (χ0v) is 25.1. The minimum absolute atomic E-state index is 0.0433. The van der Waals surface area contributed by atoms with Gasteiger partial charge in [0.2, 0.25) is 5.91 Å². The van der Waals surface area contributed by atoms with Crippen molar-refractivity contribution in [2.75, 3.05) is 63.4 Å². The first-order chi connectivity index (χ1) is 20.9. The molecule has 1 N–H and O–H groups in total. The van der Waals surface area contributed by atoms with Gasteiger partial charge in [-0.25, -0.2) is 0 Å². The van der Waals surface area contributed by atoms with E-state index in [-0.39, 0.29) is 22.9 Å². The fourth-order valence-electron chi connectivity index (χ4n) is 5.36. The van der Waals surface area contributed by atoms with Gasteiger partial charge in [-0.1, -0.05) is 40.9 Å². The molecule has 10 nitrogen and oxygen atoms in total. The summed E-state index contributed by atoms with van der Waals surface area (Å²) in [7, 11) is -4.14. The third-order valence-corrected chi connectivity index (χ3v) is 9.39. The van der Waals surface area contributed by atoms with Crippen LogP contribution in [0.5, 0.6) is 5.75 Å². The Hall–Kier alpha value is -3.93. The van der Waals surface area contributed by atoms with Crippen molar-refractivity contribution < 1.29 is 22.8 Å². The van der Waals surface area contributed by atoms with Crippen LogP contribution in [-0.4, -0.2) is 93.8 Å². The van der Waals surface area contributed by atoms with Crippen molar-refractivity contribution >= 4 is 27.5 Å². The van der Waals surface area contributed by atoms with Crippen molar-refractivity contribution in [2.45, 2.75) is 24.2 Å². The van der Waals surface area contributed by atoms with Crippen LogP contribution in [0.2, 0.25) is 0 Å². The summed E-state index contributed by atoms with van der Waals surface area (Å²) in [5.74, 6) is -0.214. The Labute approximate surface area is 253 Å². The summed E-state index contributed by atoms with van der Waals surface area (Å²) in [4.78, 5) is 38.0. The van der Waals surface area contributed by atoms with E-state index < -0.39 is 15.9 Å². The molecule has 0 aromatic heterocycles. The number of likely N-dealkylation sites (tertiary alicyclic amines) is 1. The first-order valence-electron chi connectivity index (χ1n) is 14.8. The quantitative estimate of drug-likeness (QED) is 0.316. The molecule has 0 saturated carbocycles. The van der Waals surface area contributed by atoms with E-state index in [2.05, 4.69) is 15.1 Å². The lowest BCUT2D eigenvalue weighted by molar-refractivity contribution is -0.131. The Morgan fingerprint density at radius 2 is 1.33 bits per heavy atom. The predicted octanol–water partition coefficient (Wildman–Crippen LogP) is 3.24. The molecule has 3 aromatic rings. The lowest BCUT2D eigenvalue weighted by Gasteiger charge is -2.35. The molecule has 43 heavy (non-hydrogen) atoms. The number of carbonyl (C=O) groups is 2. The molecule has 2 aliphatic rings. The Morgan fingerprint density at radius 1 is 0.744 bits per heavy atom. The maximum atomic E-state index is 13.6. The van der Waals surface area contributed by atoms with Gasteiger partial charge in [0.1, 0.15) is 0 Å². The minimum atomic E-state index is -4.14. The van der Waals surface area contributed by atoms with E-state index in [1.165, 1.54) is 50.2 Å². The molecular weight excluding hydrogens is 566 g/mol. The van der Waals surface area contributed by atoms with Crippen LogP contribution in [0.1, 0.15) is 29.6 Å². The standard InChI is InChI=1S/C32H39N5O5S/c38-31(36-24-22-35(23-25-36)21-9-20-34-18-7-8-19-34)26-33-32(39)27-14-16-30(17-15-27)43(40,41)37(28-10-3-1-4-11-28)42-29-12-5-2-6-13-29/h1-6,10-17H,7-9,18-26H2,(H,33,39). The first kappa shape index (κ1) is 30.5. The van der Waals surface area contributed by atoms with E-state index in [9.17, 15) is 18.0 Å². The van der Waals surface area contributed by atoms with Crippen molar-refractivity contribution in [3.8, 4) is 5.75 Å². The van der Waals surface area contributed by atoms with E-state index in [1.54, 1.807) is 59.5 Å². The highest BCUT2D eigenvalue weighted by Gasteiger charge is 2.28. The Balaban J connectivity index is 1.12. The van der Waals surface area contributed by atoms with Crippen molar-refractivity contribution in [1.82, 2.24) is 20.0 Å². The summed E-state index contributed by atoms with van der Waals surface area (Å²) in [5, 5.41) is 2.68. The molecule has 11 heteroatoms. The summed E-state index contributed by atoms with van der Waals surface area (Å²) in [6.07, 6.45) is 3.76. The lowest BCUT2D eigenvalue weighted by Crippen LogP contribution is -2.51. The molecule has 0 unspecified atom stereocenters. The second kappa shape index (κ2) is 14.5. The van der Waals surface area contributed by atoms with Gasteiger partial charge in [-0.15, -0.1) is 0 Å². The van der Waals surface area contributed by atoms with E-state index in [0.29, 0.717) is 24.5 Å². The highest BCUT2D eigenvalue weighted by Crippen LogP contribution is 2.26. The number of amides is 2. The molecule has 3 aromatic carbocycles. The summed E-state index contributed by atoms with van der Waals surface area (Å²) < 4.78 is 28.1. The molecule has 2 heterocycles. The number of piperazine rings is 1. The number of anilines is 1. The zero-order chi connectivity index (χ0) is 30.1. The summed E-state index contributed by atoms with van der Waals surface area (Å²) in [6, 6.07) is 22.7. The number of rotatable bonds is 12. The Morgan fingerprint density at radius 3 is 1.95 bits per heavy atom. The third-order valence-electron chi connectivity index (χ3n) is 7.80. The van der Waals surface area contributed by atoms with Gasteiger partial charge in [0, 0.05) is 31.7 Å². The molecule has 228 valence electrons. The van der Waals surface area contributed by atoms with Crippen LogP contribution in [0.4, 0.5) is 5.69 Å². The van der Waals surface area contributed by atoms with E-state index in [0.717, 1.165) is 37.1 Å². The monoisotopic (exact) mass is 605 g/mol. The molecular formula is C32H39N5O5S. The van der Waals surface area contributed by atoms with Crippen LogP contribution in [0.3, 0.4) is 0 Å². The number of benzene rings is 3. The average molecular weight is 606 g/mol. The number of carbonyl (C=O) groups excluding carboxylic acids is 2. The summed E-state index contributed by atoms with van der Waals surface area (Å²) >= 11 is 0. The van der Waals surface area contributed by atoms with Gasteiger partial charge in [-0.2, -0.15) is 8.42 Å². The number of nitrogens with one attached hydrogen (secondary N) is 1. The van der Waals surface area contributed by atoms with Crippen LogP contribution < -0.4 is 14.6 Å². The topological polar surface area (TPSA) is 102 Å². The predicted molar refractivity (Wildman–Crippen MR) is 165 cm³/mol. The van der Waals surface area contributed by atoms with Gasteiger partial charge < -0.3 is 20.0 Å². The fourth-order valence-corrected chi connectivity index (χ4v) is 6.61. The average Bonchev–Trinajstić information content (AvgIpc) is 3.57. The van der Waals surface area contributed by atoms with Crippen LogP contribution in [0, 0.1) is 0 Å². The van der Waals surface area contributed by atoms with Crippen molar-refractivity contribution in [2.24, 2.45) is 0 Å². The fraction of sp³-hybridized carbons (Fsp3) is 0.375. The normalized spacial score (nSPS) is 16.1. The maximum Gasteiger partial charge on any atom is 0.295 e. The number of hydrogen-bond acceptors (Lipinski definition) is 7. The molecule has 0 aliphatic carbocycles. The smallest absolute Gasteiger partial charge is 0.295 e. The molecule has 2 amide bonds. The van der Waals surface area contributed by atoms with Crippen LogP contribution in [0.15, 0.2) is 89.8 Å². The summed E-state index contributed by atoms with van der Waals surface area (Å²) in [6.45, 7) is 7.48. The van der Waals surface area contributed by atoms with Crippen LogP contribution in [0.25, 0.3) is 0 Å². The molecule has 0 spiro atoms. The number of sulfonamides is 1. The van der Waals surface area contributed by atoms with E-state index in [4.69, 9.17) is 4.84 Å². The molecule has 5 rings (SSSR count). The second-order valence-electron chi connectivity index (χ2n) is 10.8. The molecule has 2 aliphatic heterocycles. The van der Waals surface area contributed by atoms with Crippen molar-refractivity contribution in [3.63, 3.8) is 0 Å². The lowest BCUT2D eigenvalue weighted by atomic mass is 10.2. The van der Waals surface area contributed by atoms with Crippen molar-refractivity contribution in [1.29, 1.82) is 0 Å². The second-order valence-corrected chi connectivity index (χ2v) is 12.6. The van der Waals surface area contributed by atoms with Gasteiger partial charge in [-0.3, -0.25) is 14.5 Å². The van der Waals surface area contributed by atoms with Gasteiger partial charge in [0.25, 0.3) is 15.9 Å². The highest BCUT2D eigenvalue weighted by atomic mass is 32.2. The number of hydrogen-bond donors (Lipinski definition) is 1. The van der Waals surface area contributed by atoms with E-state index >= 15 is 0 Å².